The third-order valence-electron chi connectivity index (χ3n) is 0. The first-order valence-electron chi connectivity index (χ1n) is 0.730. The summed E-state index contributed by atoms with van der Waals surface area (Å²) in [7, 11) is -2.67. The van der Waals surface area contributed by atoms with Crippen molar-refractivity contribution in [3.63, 3.8) is 0 Å². The van der Waals surface area contributed by atoms with Gasteiger partial charge in [0.25, 0.3) is 0 Å². The molecule has 0 aliphatic rings. The van der Waals surface area contributed by atoms with Crippen LogP contribution in [0.1, 0.15) is 0 Å². The summed E-state index contributed by atoms with van der Waals surface area (Å²) in [4.78, 5) is 0. The maximum atomic E-state index is 8.53. The van der Waals surface area contributed by atoms with Crippen LogP contribution in [0.2, 0.25) is 0 Å². The SMILES string of the molecule is [O-2].[O-]B([O-])O.[Zn+2].[Zn+2]. The minimum Gasteiger partial charge on any atom is -2.00 e. The Hall–Kier alpha value is 1.15. The molecule has 32 valence electrons. The Morgan fingerprint density at radius 1 is 1.14 bits per heavy atom. The Bertz CT molecular complexity index is 14.4. The summed E-state index contributed by atoms with van der Waals surface area (Å²) in [5, 5.41) is 24.0. The summed E-state index contributed by atoms with van der Waals surface area (Å²) in [6, 6.07) is 0. The van der Waals surface area contributed by atoms with Crippen LogP contribution in [0, 0.1) is 0 Å². The van der Waals surface area contributed by atoms with E-state index in [0.29, 0.717) is 0 Å². The van der Waals surface area contributed by atoms with Gasteiger partial charge in [0, 0.05) is 0 Å². The van der Waals surface area contributed by atoms with E-state index in [1.54, 1.807) is 0 Å². The molecule has 0 saturated carbocycles. The molecule has 1 N–H and O–H groups in total. The second-order valence-corrected chi connectivity index (χ2v) is 0.307. The van der Waals surface area contributed by atoms with Gasteiger partial charge in [-0.05, 0) is 0 Å². The molecule has 0 saturated heterocycles. The van der Waals surface area contributed by atoms with Crippen LogP contribution < -0.4 is 10.0 Å². The summed E-state index contributed by atoms with van der Waals surface area (Å²) in [5.41, 5.74) is 0. The van der Waals surface area contributed by atoms with E-state index >= 15 is 0 Å². The average Bonchev–Trinajstić information content (AvgIpc) is 0.811. The molecule has 0 bridgehead atoms. The van der Waals surface area contributed by atoms with Gasteiger partial charge in [0.1, 0.15) is 0 Å². The molecule has 0 rings (SSSR count). The third-order valence-corrected chi connectivity index (χ3v) is 0. The van der Waals surface area contributed by atoms with E-state index in [0.717, 1.165) is 0 Å². The Morgan fingerprint density at radius 2 is 1.14 bits per heavy atom. The molecule has 0 radical (unpaired) electrons. The fraction of sp³-hybridized carbons (Fsp3) is 0. The van der Waals surface area contributed by atoms with Gasteiger partial charge in [-0.2, -0.15) is 0 Å². The zero-order valence-corrected chi connectivity index (χ0v) is 9.60. The van der Waals surface area contributed by atoms with Crippen molar-refractivity contribution in [2.24, 2.45) is 0 Å². The molecular formula is HBO4Zn2. The first-order valence-corrected chi connectivity index (χ1v) is 0.730. The molecule has 0 heterocycles. The maximum Gasteiger partial charge on any atom is 2.00 e. The van der Waals surface area contributed by atoms with E-state index in [1.807, 2.05) is 0 Å². The van der Waals surface area contributed by atoms with Gasteiger partial charge in [0.15, 0.2) is 0 Å². The van der Waals surface area contributed by atoms with Crippen LogP contribution in [0.25, 0.3) is 0 Å². The second kappa shape index (κ2) is 15.7. The van der Waals surface area contributed by atoms with Crippen molar-refractivity contribution < 1.29 is 59.5 Å². The van der Waals surface area contributed by atoms with Gasteiger partial charge in [0.2, 0.25) is 0 Å². The van der Waals surface area contributed by atoms with Crippen molar-refractivity contribution in [3.8, 4) is 0 Å². The van der Waals surface area contributed by atoms with Gasteiger partial charge >= 0.3 is 39.0 Å². The molecule has 0 spiro atoms. The van der Waals surface area contributed by atoms with E-state index in [4.69, 9.17) is 15.1 Å². The number of hydrogen-bond acceptors (Lipinski definition) is 3. The normalized spacial score (nSPS) is 3.86. The van der Waals surface area contributed by atoms with Crippen LogP contribution in [0.15, 0.2) is 0 Å². The van der Waals surface area contributed by atoms with Crippen molar-refractivity contribution >= 4 is 7.32 Å². The van der Waals surface area contributed by atoms with E-state index in [9.17, 15) is 0 Å². The fourth-order valence-corrected chi connectivity index (χ4v) is 0. The molecular weight excluding hydrogens is 206 g/mol. The molecule has 7 heavy (non-hydrogen) atoms. The average molecular weight is 207 g/mol. The monoisotopic (exact) mass is 204 g/mol. The van der Waals surface area contributed by atoms with Crippen LogP contribution in [-0.2, 0) is 44.4 Å². The topological polar surface area (TPSA) is 94.9 Å². The Labute approximate surface area is 66.9 Å². The summed E-state index contributed by atoms with van der Waals surface area (Å²) >= 11 is 0. The summed E-state index contributed by atoms with van der Waals surface area (Å²) in [5.74, 6) is 0. The first kappa shape index (κ1) is 24.2. The van der Waals surface area contributed by atoms with E-state index in [-0.39, 0.29) is 44.4 Å². The Morgan fingerprint density at radius 3 is 1.14 bits per heavy atom. The second-order valence-electron chi connectivity index (χ2n) is 0.307. The van der Waals surface area contributed by atoms with Gasteiger partial charge in [-0.3, -0.25) is 0 Å². The first-order chi connectivity index (χ1) is 1.73. The molecule has 0 aromatic carbocycles. The van der Waals surface area contributed by atoms with E-state index in [2.05, 4.69) is 0 Å². The molecule has 7 heteroatoms. The summed E-state index contributed by atoms with van der Waals surface area (Å²) in [6.45, 7) is 0. The Balaban J connectivity index is -0.0000000150. The molecule has 0 fully saturated rings. The molecule has 0 aliphatic carbocycles. The Kier molecular flexibility index (Phi) is 54.3. The number of rotatable bonds is 0. The van der Waals surface area contributed by atoms with E-state index in [1.165, 1.54) is 0 Å². The fourth-order valence-electron chi connectivity index (χ4n) is 0. The third kappa shape index (κ3) is 143. The zero-order chi connectivity index (χ0) is 3.58. The van der Waals surface area contributed by atoms with Crippen molar-refractivity contribution in [1.82, 2.24) is 0 Å². The van der Waals surface area contributed by atoms with Crippen molar-refractivity contribution in [3.05, 3.63) is 0 Å². The standard InChI is InChI=1S/BHO3.O.2Zn/c2-1(3)4;;;/h2H;;;/q2*-2;2*+2. The molecule has 0 aromatic rings. The maximum absolute atomic E-state index is 8.53. The summed E-state index contributed by atoms with van der Waals surface area (Å²) < 4.78 is 0. The van der Waals surface area contributed by atoms with Crippen molar-refractivity contribution in [2.75, 3.05) is 0 Å². The molecule has 4 nitrogen and oxygen atoms in total. The number of hydrogen-bond donors (Lipinski definition) is 1. The largest absolute Gasteiger partial charge is 2.00 e. The van der Waals surface area contributed by atoms with Crippen molar-refractivity contribution in [1.29, 1.82) is 0 Å². The van der Waals surface area contributed by atoms with Crippen LogP contribution >= 0.6 is 0 Å². The van der Waals surface area contributed by atoms with E-state index < -0.39 is 7.32 Å². The smallest absolute Gasteiger partial charge is 2.00 e. The van der Waals surface area contributed by atoms with Gasteiger partial charge in [-0.25, -0.2) is 0 Å². The van der Waals surface area contributed by atoms with Gasteiger partial charge in [0.05, 0.1) is 7.32 Å². The predicted molar refractivity (Wildman–Crippen MR) is 8.66 cm³/mol. The predicted octanol–water partition coefficient (Wildman–Crippen LogP) is -3.44. The minimum atomic E-state index is -2.67. The van der Waals surface area contributed by atoms with Gasteiger partial charge in [-0.1, -0.05) is 0 Å². The molecule has 0 unspecified atom stereocenters. The van der Waals surface area contributed by atoms with Crippen molar-refractivity contribution in [2.45, 2.75) is 0 Å². The zero-order valence-electron chi connectivity index (χ0n) is 3.66. The molecule has 0 atom stereocenters. The molecule has 0 aromatic heterocycles. The minimum absolute atomic E-state index is 0. The molecule has 0 aliphatic heterocycles. The quantitative estimate of drug-likeness (QED) is 0.418. The van der Waals surface area contributed by atoms with Gasteiger partial charge in [-0.15, -0.1) is 0 Å². The van der Waals surface area contributed by atoms with Gasteiger partial charge < -0.3 is 20.5 Å². The van der Waals surface area contributed by atoms with Crippen LogP contribution in [0.5, 0.6) is 0 Å². The summed E-state index contributed by atoms with van der Waals surface area (Å²) in [6.07, 6.45) is 0. The molecule has 0 amide bonds. The van der Waals surface area contributed by atoms with Crippen LogP contribution in [-0.4, -0.2) is 12.3 Å². The van der Waals surface area contributed by atoms with Crippen LogP contribution in [0.3, 0.4) is 0 Å². The van der Waals surface area contributed by atoms with Crippen LogP contribution in [0.4, 0.5) is 0 Å².